The highest BCUT2D eigenvalue weighted by molar-refractivity contribution is 7.92. The highest BCUT2D eigenvalue weighted by Gasteiger charge is 2.30. The zero-order valence-electron chi connectivity index (χ0n) is 20.1. The molecular formula is C24H33N5O4S. The fourth-order valence-corrected chi connectivity index (χ4v) is 4.42. The summed E-state index contributed by atoms with van der Waals surface area (Å²) in [6.45, 7) is 6.56. The number of hydrogen-bond acceptors (Lipinski definition) is 7. The number of nitrogens with two attached hydrogens (primary N) is 1. The van der Waals surface area contributed by atoms with E-state index >= 15 is 0 Å². The van der Waals surface area contributed by atoms with Crippen molar-refractivity contribution in [2.24, 2.45) is 16.6 Å². The number of nitriles is 1. The summed E-state index contributed by atoms with van der Waals surface area (Å²) in [6, 6.07) is 10.0. The summed E-state index contributed by atoms with van der Waals surface area (Å²) in [5, 5.41) is 11.4. The molecule has 3 rings (SSSR count). The van der Waals surface area contributed by atoms with Gasteiger partial charge in [-0.25, -0.2) is 13.4 Å². The van der Waals surface area contributed by atoms with Gasteiger partial charge >= 0.3 is 0 Å². The highest BCUT2D eigenvalue weighted by atomic mass is 32.2. The molecule has 1 aromatic heterocycles. The first-order valence-corrected chi connectivity index (χ1v) is 12.6. The van der Waals surface area contributed by atoms with Crippen molar-refractivity contribution < 1.29 is 13.2 Å². The quantitative estimate of drug-likeness (QED) is 0.442. The van der Waals surface area contributed by atoms with E-state index in [0.717, 1.165) is 32.5 Å². The van der Waals surface area contributed by atoms with Gasteiger partial charge in [0.25, 0.3) is 5.56 Å². The third kappa shape index (κ3) is 6.92. The second-order valence-electron chi connectivity index (χ2n) is 8.82. The van der Waals surface area contributed by atoms with Gasteiger partial charge in [-0.2, -0.15) is 5.26 Å². The Morgan fingerprint density at radius 2 is 1.88 bits per heavy atom. The van der Waals surface area contributed by atoms with Gasteiger partial charge in [0.05, 0.1) is 27.1 Å². The maximum atomic E-state index is 12.4. The van der Waals surface area contributed by atoms with Crippen LogP contribution in [0.15, 0.2) is 51.2 Å². The average molecular weight is 488 g/mol. The smallest absolute Gasteiger partial charge is 0.261 e. The van der Waals surface area contributed by atoms with Crippen molar-refractivity contribution in [3.63, 3.8) is 0 Å². The van der Waals surface area contributed by atoms with Gasteiger partial charge in [-0.15, -0.1) is 0 Å². The van der Waals surface area contributed by atoms with Crippen LogP contribution in [0.25, 0.3) is 0 Å². The van der Waals surface area contributed by atoms with E-state index in [2.05, 4.69) is 21.4 Å². The lowest BCUT2D eigenvalue weighted by molar-refractivity contribution is 0.143. The van der Waals surface area contributed by atoms with Crippen LogP contribution >= 0.6 is 0 Å². The van der Waals surface area contributed by atoms with E-state index in [0.29, 0.717) is 11.4 Å². The Balaban J connectivity index is 0.000000379. The van der Waals surface area contributed by atoms with E-state index in [4.69, 9.17) is 15.7 Å². The molecule has 0 bridgehead atoms. The monoisotopic (exact) mass is 487 g/mol. The Hall–Kier alpha value is -3.16. The molecule has 2 aromatic rings. The Morgan fingerprint density at radius 3 is 2.47 bits per heavy atom. The van der Waals surface area contributed by atoms with Crippen molar-refractivity contribution in [1.82, 2.24) is 4.98 Å². The zero-order chi connectivity index (χ0) is 25.4. The number of anilines is 1. The molecule has 4 N–H and O–H groups in total. The summed E-state index contributed by atoms with van der Waals surface area (Å²) in [4.78, 5) is 19.0. The van der Waals surface area contributed by atoms with Gasteiger partial charge in [0.2, 0.25) is 0 Å². The standard InChI is InChI=1S/C17H22N4O3S.C7H11NO/c1-17(2,3)25(23,24)12-7-5-11(6-8-12)21-15(18)14-13(19-4)9-10-20-16(14)22;8-6-7-2-1-4-9-5-3-7/h5-10H,1-4H3,(H2,18,21)(H2,19,20,22);7H,1-5H2/t;7-/m.0/s1. The summed E-state index contributed by atoms with van der Waals surface area (Å²) in [5.74, 6) is 0.296. The number of benzene rings is 1. The van der Waals surface area contributed by atoms with Gasteiger partial charge in [-0.05, 0) is 70.4 Å². The highest BCUT2D eigenvalue weighted by Crippen LogP contribution is 2.26. The van der Waals surface area contributed by atoms with E-state index in [1.807, 2.05) is 0 Å². The number of aromatic nitrogens is 1. The molecule has 184 valence electrons. The summed E-state index contributed by atoms with van der Waals surface area (Å²) >= 11 is 0. The topological polar surface area (TPSA) is 150 Å². The number of amidine groups is 1. The second kappa shape index (κ2) is 11.8. The minimum atomic E-state index is -3.44. The van der Waals surface area contributed by atoms with Crippen molar-refractivity contribution in [2.75, 3.05) is 25.6 Å². The predicted octanol–water partition coefficient (Wildman–Crippen LogP) is 3.35. The molecule has 0 radical (unpaired) electrons. The van der Waals surface area contributed by atoms with E-state index in [1.54, 1.807) is 46.0 Å². The average Bonchev–Trinajstić information content (AvgIpc) is 3.08. The molecule has 2 heterocycles. The molecule has 0 unspecified atom stereocenters. The second-order valence-corrected chi connectivity index (χ2v) is 11.5. The Bertz CT molecular complexity index is 1180. The number of pyridine rings is 1. The Morgan fingerprint density at radius 1 is 1.21 bits per heavy atom. The summed E-state index contributed by atoms with van der Waals surface area (Å²) in [5.41, 5.74) is 6.85. The lowest BCUT2D eigenvalue weighted by Gasteiger charge is -2.19. The number of rotatable bonds is 4. The van der Waals surface area contributed by atoms with Gasteiger partial charge in [0.1, 0.15) is 11.4 Å². The third-order valence-electron chi connectivity index (χ3n) is 5.32. The number of sulfone groups is 1. The fourth-order valence-electron chi connectivity index (χ4n) is 3.22. The first kappa shape index (κ1) is 27.1. The number of aliphatic imine (C=N–C) groups is 1. The summed E-state index contributed by atoms with van der Waals surface area (Å²) in [7, 11) is -1.76. The number of hydrogen-bond donors (Lipinski definition) is 3. The lowest BCUT2D eigenvalue weighted by Crippen LogP contribution is -2.27. The first-order valence-electron chi connectivity index (χ1n) is 11.1. The van der Waals surface area contributed by atoms with E-state index in [-0.39, 0.29) is 27.8 Å². The van der Waals surface area contributed by atoms with Crippen molar-refractivity contribution in [3.8, 4) is 6.07 Å². The molecule has 1 atom stereocenters. The Kier molecular flexibility index (Phi) is 9.41. The summed E-state index contributed by atoms with van der Waals surface area (Å²) in [6.07, 6.45) is 4.52. The minimum Gasteiger partial charge on any atom is -0.387 e. The minimum absolute atomic E-state index is 0.0395. The molecule has 1 aliphatic rings. The summed E-state index contributed by atoms with van der Waals surface area (Å²) < 4.78 is 29.1. The SMILES string of the molecule is CNc1cc[nH]c(=O)c1C(N)=Nc1ccc(S(=O)(=O)C(C)(C)C)cc1.N#C[C@H]1CCCOCC1. The van der Waals surface area contributed by atoms with Gasteiger partial charge in [0, 0.05) is 32.4 Å². The molecule has 34 heavy (non-hydrogen) atoms. The van der Waals surface area contributed by atoms with Crippen LogP contribution in [0.3, 0.4) is 0 Å². The van der Waals surface area contributed by atoms with Crippen molar-refractivity contribution in [3.05, 3.63) is 52.4 Å². The third-order valence-corrected chi connectivity index (χ3v) is 7.83. The molecule has 1 saturated heterocycles. The maximum Gasteiger partial charge on any atom is 0.261 e. The molecule has 1 aromatic carbocycles. The van der Waals surface area contributed by atoms with Crippen LogP contribution in [0.4, 0.5) is 11.4 Å². The van der Waals surface area contributed by atoms with Crippen LogP contribution < -0.4 is 16.6 Å². The van der Waals surface area contributed by atoms with Crippen LogP contribution in [0, 0.1) is 17.2 Å². The molecule has 9 nitrogen and oxygen atoms in total. The van der Waals surface area contributed by atoms with Crippen LogP contribution in [0.2, 0.25) is 0 Å². The van der Waals surface area contributed by atoms with Crippen molar-refractivity contribution in [2.45, 2.75) is 49.7 Å². The van der Waals surface area contributed by atoms with Crippen LogP contribution in [-0.4, -0.2) is 44.2 Å². The van der Waals surface area contributed by atoms with E-state index in [1.165, 1.54) is 18.3 Å². The number of nitrogens with zero attached hydrogens (tertiary/aromatic N) is 2. The van der Waals surface area contributed by atoms with Crippen LogP contribution in [0.5, 0.6) is 0 Å². The van der Waals surface area contributed by atoms with Gasteiger partial charge in [-0.1, -0.05) is 0 Å². The van der Waals surface area contributed by atoms with Gasteiger partial charge in [-0.3, -0.25) is 4.79 Å². The number of nitrogens with one attached hydrogen (secondary N) is 2. The largest absolute Gasteiger partial charge is 0.387 e. The fraction of sp³-hybridized carbons (Fsp3) is 0.458. The molecule has 0 amide bonds. The molecule has 0 aliphatic carbocycles. The van der Waals surface area contributed by atoms with Gasteiger partial charge < -0.3 is 20.8 Å². The first-order chi connectivity index (χ1) is 16.0. The van der Waals surface area contributed by atoms with Crippen molar-refractivity contribution in [1.29, 1.82) is 5.26 Å². The Labute approximate surface area is 201 Å². The normalized spacial score (nSPS) is 17.0. The predicted molar refractivity (Wildman–Crippen MR) is 134 cm³/mol. The number of H-pyrrole nitrogens is 1. The van der Waals surface area contributed by atoms with Crippen LogP contribution in [-0.2, 0) is 14.6 Å². The number of aromatic amines is 1. The van der Waals surface area contributed by atoms with Gasteiger partial charge in [0.15, 0.2) is 9.84 Å². The molecule has 0 saturated carbocycles. The van der Waals surface area contributed by atoms with Crippen LogP contribution in [0.1, 0.15) is 45.6 Å². The number of ether oxygens (including phenoxy) is 1. The maximum absolute atomic E-state index is 12.4. The molecular weight excluding hydrogens is 454 g/mol. The lowest BCUT2D eigenvalue weighted by atomic mass is 10.0. The van der Waals surface area contributed by atoms with E-state index in [9.17, 15) is 13.2 Å². The van der Waals surface area contributed by atoms with E-state index < -0.39 is 14.6 Å². The van der Waals surface area contributed by atoms with Crippen molar-refractivity contribution >= 4 is 27.0 Å². The molecule has 0 spiro atoms. The zero-order valence-corrected chi connectivity index (χ0v) is 20.9. The molecule has 1 aliphatic heterocycles. The molecule has 1 fully saturated rings. The molecule has 10 heteroatoms.